The molecule has 0 aromatic heterocycles. The number of carbonyl (C=O) groups is 5. The van der Waals surface area contributed by atoms with Gasteiger partial charge in [0.15, 0.2) is 0 Å². The maximum atomic E-state index is 12.7. The van der Waals surface area contributed by atoms with E-state index in [9.17, 15) is 24.0 Å². The number of rotatable bonds is 5. The molecule has 1 aromatic rings. The summed E-state index contributed by atoms with van der Waals surface area (Å²) in [5.74, 6) is -1.59. The Kier molecular flexibility index (Phi) is 5.06. The third kappa shape index (κ3) is 3.89. The number of fused-ring (bicyclic) bond motifs is 1. The van der Waals surface area contributed by atoms with Crippen molar-refractivity contribution in [2.45, 2.75) is 31.8 Å². The largest absolute Gasteiger partial charge is 0.465 e. The fourth-order valence-corrected chi connectivity index (χ4v) is 3.20. The average molecular weight is 374 g/mol. The number of imide groups is 1. The summed E-state index contributed by atoms with van der Waals surface area (Å²) in [4.78, 5) is 59.9. The SMILES string of the molecule is O=C(O)NCCC(=O)Nc1cccc2c1CN(C1CCC(=O)NC1=O)C2=O. The maximum absolute atomic E-state index is 12.7. The Hall–Kier alpha value is -3.43. The number of hydrogen-bond donors (Lipinski definition) is 4. The van der Waals surface area contributed by atoms with Crippen LogP contribution in [-0.2, 0) is 20.9 Å². The lowest BCUT2D eigenvalue weighted by Gasteiger charge is -2.29. The third-order valence-corrected chi connectivity index (χ3v) is 4.48. The fourth-order valence-electron chi connectivity index (χ4n) is 3.20. The van der Waals surface area contributed by atoms with Crippen molar-refractivity contribution in [3.63, 3.8) is 0 Å². The van der Waals surface area contributed by atoms with Crippen LogP contribution in [0.1, 0.15) is 35.2 Å². The lowest BCUT2D eigenvalue weighted by atomic mass is 10.0. The first-order valence-electron chi connectivity index (χ1n) is 8.40. The molecule has 1 atom stereocenters. The first-order valence-corrected chi connectivity index (χ1v) is 8.40. The second-order valence-corrected chi connectivity index (χ2v) is 6.26. The van der Waals surface area contributed by atoms with E-state index in [0.29, 0.717) is 16.8 Å². The highest BCUT2D eigenvalue weighted by Gasteiger charge is 2.39. The summed E-state index contributed by atoms with van der Waals surface area (Å²) in [5, 5.41) is 15.5. The number of nitrogens with one attached hydrogen (secondary N) is 3. The van der Waals surface area contributed by atoms with Crippen LogP contribution in [0.25, 0.3) is 0 Å². The molecule has 1 fully saturated rings. The van der Waals surface area contributed by atoms with Crippen LogP contribution in [0.2, 0.25) is 0 Å². The zero-order chi connectivity index (χ0) is 19.6. The zero-order valence-corrected chi connectivity index (χ0v) is 14.3. The summed E-state index contributed by atoms with van der Waals surface area (Å²) in [6.07, 6.45) is -0.849. The van der Waals surface area contributed by atoms with E-state index in [1.807, 2.05) is 0 Å². The second-order valence-electron chi connectivity index (χ2n) is 6.26. The number of piperidine rings is 1. The molecule has 1 unspecified atom stereocenters. The quantitative estimate of drug-likeness (QED) is 0.536. The van der Waals surface area contributed by atoms with Crippen LogP contribution in [0.5, 0.6) is 0 Å². The Morgan fingerprint density at radius 2 is 2.04 bits per heavy atom. The average Bonchev–Trinajstić information content (AvgIpc) is 2.93. The van der Waals surface area contributed by atoms with E-state index in [2.05, 4.69) is 16.0 Å². The summed E-state index contributed by atoms with van der Waals surface area (Å²) in [5.41, 5.74) is 1.42. The monoisotopic (exact) mass is 374 g/mol. The van der Waals surface area contributed by atoms with Crippen LogP contribution in [-0.4, -0.2) is 52.3 Å². The molecule has 2 aliphatic heterocycles. The van der Waals surface area contributed by atoms with Gasteiger partial charge in [0.25, 0.3) is 5.91 Å². The molecule has 10 nitrogen and oxygen atoms in total. The van der Waals surface area contributed by atoms with Crippen molar-refractivity contribution in [2.75, 3.05) is 11.9 Å². The van der Waals surface area contributed by atoms with Gasteiger partial charge in [-0.2, -0.15) is 0 Å². The highest BCUT2D eigenvalue weighted by Crippen LogP contribution is 2.32. The van der Waals surface area contributed by atoms with Crippen LogP contribution < -0.4 is 16.0 Å². The van der Waals surface area contributed by atoms with Crippen molar-refractivity contribution < 1.29 is 29.1 Å². The topological polar surface area (TPSA) is 145 Å². The molecule has 4 N–H and O–H groups in total. The predicted molar refractivity (Wildman–Crippen MR) is 91.8 cm³/mol. The Balaban J connectivity index is 1.72. The molecule has 2 heterocycles. The van der Waals surface area contributed by atoms with Gasteiger partial charge < -0.3 is 20.6 Å². The van der Waals surface area contributed by atoms with Crippen LogP contribution in [0, 0.1) is 0 Å². The molecule has 10 heteroatoms. The Bertz CT molecular complexity index is 837. The molecule has 142 valence electrons. The number of carbonyl (C=O) groups excluding carboxylic acids is 4. The summed E-state index contributed by atoms with van der Waals surface area (Å²) in [7, 11) is 0. The normalized spacial score (nSPS) is 18.7. The van der Waals surface area contributed by atoms with Crippen molar-refractivity contribution in [2.24, 2.45) is 0 Å². The van der Waals surface area contributed by atoms with Gasteiger partial charge in [-0.05, 0) is 18.6 Å². The van der Waals surface area contributed by atoms with E-state index in [4.69, 9.17) is 5.11 Å². The summed E-state index contributed by atoms with van der Waals surface area (Å²) in [6, 6.07) is 4.15. The van der Waals surface area contributed by atoms with Crippen molar-refractivity contribution in [3.05, 3.63) is 29.3 Å². The number of benzene rings is 1. The lowest BCUT2D eigenvalue weighted by molar-refractivity contribution is -0.137. The van der Waals surface area contributed by atoms with E-state index < -0.39 is 23.9 Å². The molecule has 0 bridgehead atoms. The highest BCUT2D eigenvalue weighted by molar-refractivity contribution is 6.06. The molecule has 0 spiro atoms. The number of carboxylic acid groups (broad SMARTS) is 1. The first kappa shape index (κ1) is 18.4. The molecule has 0 saturated carbocycles. The molecule has 1 aromatic carbocycles. The second kappa shape index (κ2) is 7.44. The molecule has 3 rings (SSSR count). The van der Waals surface area contributed by atoms with Crippen molar-refractivity contribution in [3.8, 4) is 0 Å². The van der Waals surface area contributed by atoms with E-state index in [0.717, 1.165) is 0 Å². The molecular weight excluding hydrogens is 356 g/mol. The summed E-state index contributed by atoms with van der Waals surface area (Å²) >= 11 is 0. The molecule has 0 radical (unpaired) electrons. The summed E-state index contributed by atoms with van der Waals surface area (Å²) < 4.78 is 0. The minimum atomic E-state index is -1.21. The molecule has 5 amide bonds. The Labute approximate surface area is 153 Å². The minimum absolute atomic E-state index is 0.0302. The van der Waals surface area contributed by atoms with Gasteiger partial charge in [-0.15, -0.1) is 0 Å². The molecule has 1 saturated heterocycles. The van der Waals surface area contributed by atoms with E-state index in [1.165, 1.54) is 4.90 Å². The van der Waals surface area contributed by atoms with Crippen molar-refractivity contribution in [1.29, 1.82) is 0 Å². The Morgan fingerprint density at radius 1 is 1.26 bits per heavy atom. The van der Waals surface area contributed by atoms with Gasteiger partial charge in [-0.1, -0.05) is 6.07 Å². The van der Waals surface area contributed by atoms with Gasteiger partial charge in [0.05, 0.1) is 0 Å². The Morgan fingerprint density at radius 3 is 2.74 bits per heavy atom. The lowest BCUT2D eigenvalue weighted by Crippen LogP contribution is -2.52. The fraction of sp³-hybridized carbons (Fsp3) is 0.353. The van der Waals surface area contributed by atoms with Crippen LogP contribution >= 0.6 is 0 Å². The number of amides is 5. The van der Waals surface area contributed by atoms with Crippen LogP contribution in [0.4, 0.5) is 10.5 Å². The molecule has 0 aliphatic carbocycles. The van der Waals surface area contributed by atoms with E-state index in [1.54, 1.807) is 18.2 Å². The first-order chi connectivity index (χ1) is 12.9. The number of anilines is 1. The maximum Gasteiger partial charge on any atom is 0.404 e. The summed E-state index contributed by atoms with van der Waals surface area (Å²) in [6.45, 7) is 0.113. The van der Waals surface area contributed by atoms with E-state index in [-0.39, 0.29) is 44.2 Å². The van der Waals surface area contributed by atoms with Gasteiger partial charge in [0.1, 0.15) is 6.04 Å². The third-order valence-electron chi connectivity index (χ3n) is 4.48. The van der Waals surface area contributed by atoms with Gasteiger partial charge in [-0.25, -0.2) is 4.79 Å². The van der Waals surface area contributed by atoms with Crippen LogP contribution in [0.15, 0.2) is 18.2 Å². The molecule has 2 aliphatic rings. The van der Waals surface area contributed by atoms with Gasteiger partial charge >= 0.3 is 6.09 Å². The number of hydrogen-bond acceptors (Lipinski definition) is 5. The van der Waals surface area contributed by atoms with Gasteiger partial charge in [0.2, 0.25) is 17.7 Å². The standard InChI is InChI=1S/C17H18N4O6/c22-13-5-4-12(15(24)20-13)21-8-10-9(16(21)25)2-1-3-11(10)19-14(23)6-7-18-17(26)27/h1-3,12,18H,4-8H2,(H,19,23)(H,26,27)(H,20,22,24). The van der Waals surface area contributed by atoms with Crippen LogP contribution in [0.3, 0.4) is 0 Å². The van der Waals surface area contributed by atoms with E-state index >= 15 is 0 Å². The predicted octanol–water partition coefficient (Wildman–Crippen LogP) is 0.0438. The zero-order valence-electron chi connectivity index (χ0n) is 14.3. The minimum Gasteiger partial charge on any atom is -0.465 e. The number of nitrogens with zero attached hydrogens (tertiary/aromatic N) is 1. The van der Waals surface area contributed by atoms with Crippen molar-refractivity contribution in [1.82, 2.24) is 15.5 Å². The highest BCUT2D eigenvalue weighted by atomic mass is 16.4. The van der Waals surface area contributed by atoms with Crippen molar-refractivity contribution >= 4 is 35.4 Å². The molecular formula is C17H18N4O6. The smallest absolute Gasteiger partial charge is 0.404 e. The molecule has 27 heavy (non-hydrogen) atoms. The van der Waals surface area contributed by atoms with Gasteiger partial charge in [-0.3, -0.25) is 24.5 Å². The van der Waals surface area contributed by atoms with Gasteiger partial charge in [0, 0.05) is 42.7 Å².